The van der Waals surface area contributed by atoms with Gasteiger partial charge in [-0.2, -0.15) is 10.2 Å². The van der Waals surface area contributed by atoms with E-state index in [0.29, 0.717) is 12.2 Å². The number of nitrogens with one attached hydrogen (secondary N) is 1. The maximum absolute atomic E-state index is 12.4. The van der Waals surface area contributed by atoms with Crippen LogP contribution in [0.1, 0.15) is 16.1 Å². The van der Waals surface area contributed by atoms with Crippen molar-refractivity contribution < 1.29 is 4.79 Å². The molecule has 2 aromatic heterocycles. The molecular formula is C15H13BrIN5O. The van der Waals surface area contributed by atoms with Crippen molar-refractivity contribution in [3.05, 3.63) is 62.2 Å². The van der Waals surface area contributed by atoms with Gasteiger partial charge in [-0.15, -0.1) is 0 Å². The lowest BCUT2D eigenvalue weighted by molar-refractivity contribution is 0.101. The van der Waals surface area contributed by atoms with Crippen LogP contribution >= 0.6 is 38.5 Å². The van der Waals surface area contributed by atoms with Crippen molar-refractivity contribution in [2.75, 3.05) is 5.32 Å². The summed E-state index contributed by atoms with van der Waals surface area (Å²) in [7, 11) is 1.75. The average Bonchev–Trinajstić information content (AvgIpc) is 3.05. The van der Waals surface area contributed by atoms with Crippen LogP contribution in [0, 0.1) is 3.57 Å². The van der Waals surface area contributed by atoms with Gasteiger partial charge in [-0.05, 0) is 56.2 Å². The number of rotatable bonds is 4. The highest BCUT2D eigenvalue weighted by Gasteiger charge is 2.15. The van der Waals surface area contributed by atoms with Gasteiger partial charge in [0.2, 0.25) is 0 Å². The van der Waals surface area contributed by atoms with Gasteiger partial charge in [-0.3, -0.25) is 14.2 Å². The summed E-state index contributed by atoms with van der Waals surface area (Å²) in [5.41, 5.74) is 2.35. The molecule has 0 saturated carbocycles. The minimum atomic E-state index is -0.173. The predicted molar refractivity (Wildman–Crippen MR) is 99.3 cm³/mol. The summed E-state index contributed by atoms with van der Waals surface area (Å²) in [5, 5.41) is 11.2. The molecule has 0 radical (unpaired) electrons. The Morgan fingerprint density at radius 2 is 2.17 bits per heavy atom. The minimum Gasteiger partial charge on any atom is -0.321 e. The van der Waals surface area contributed by atoms with Gasteiger partial charge in [-0.25, -0.2) is 0 Å². The number of aromatic nitrogens is 4. The Labute approximate surface area is 155 Å². The molecule has 3 aromatic rings. The molecule has 1 amide bonds. The fraction of sp³-hybridized carbons (Fsp3) is 0.133. The average molecular weight is 486 g/mol. The summed E-state index contributed by atoms with van der Waals surface area (Å²) in [6.45, 7) is 0.637. The van der Waals surface area contributed by atoms with Crippen molar-refractivity contribution in [2.24, 2.45) is 7.05 Å². The summed E-state index contributed by atoms with van der Waals surface area (Å²) in [6.07, 6.45) is 5.32. The first-order valence-corrected chi connectivity index (χ1v) is 8.66. The SMILES string of the molecule is Cn1ncc(I)c1C(=O)Nc1cccc(Cn2cc(Br)cn2)c1. The standard InChI is InChI=1S/C15H13BrIN5O/c1-21-14(13(17)7-18-21)15(23)20-12-4-2-3-10(5-12)8-22-9-11(16)6-19-22/h2-7,9H,8H2,1H3,(H,20,23). The molecule has 2 heterocycles. The Kier molecular flexibility index (Phi) is 4.81. The maximum atomic E-state index is 12.4. The van der Waals surface area contributed by atoms with E-state index in [1.807, 2.05) is 35.1 Å². The zero-order valence-electron chi connectivity index (χ0n) is 12.2. The van der Waals surface area contributed by atoms with Crippen LogP contribution in [-0.4, -0.2) is 25.5 Å². The molecule has 6 nitrogen and oxygen atoms in total. The first-order chi connectivity index (χ1) is 11.0. The molecule has 118 valence electrons. The van der Waals surface area contributed by atoms with E-state index < -0.39 is 0 Å². The Bertz CT molecular complexity index is 838. The van der Waals surface area contributed by atoms with E-state index in [2.05, 4.69) is 54.0 Å². The molecule has 0 aliphatic heterocycles. The number of aryl methyl sites for hydroxylation is 1. The van der Waals surface area contributed by atoms with Gasteiger partial charge in [0.15, 0.2) is 0 Å². The van der Waals surface area contributed by atoms with E-state index in [-0.39, 0.29) is 5.91 Å². The van der Waals surface area contributed by atoms with E-state index in [0.717, 1.165) is 19.3 Å². The zero-order chi connectivity index (χ0) is 16.4. The molecule has 0 fully saturated rings. The van der Waals surface area contributed by atoms with Crippen LogP contribution < -0.4 is 5.32 Å². The quantitative estimate of drug-likeness (QED) is 0.577. The largest absolute Gasteiger partial charge is 0.321 e. The number of amides is 1. The Hall–Kier alpha value is -1.68. The lowest BCUT2D eigenvalue weighted by atomic mass is 10.2. The summed E-state index contributed by atoms with van der Waals surface area (Å²) >= 11 is 5.48. The first kappa shape index (κ1) is 16.2. The molecule has 3 rings (SSSR count). The van der Waals surface area contributed by atoms with Gasteiger partial charge in [0, 0.05) is 18.9 Å². The number of carbonyl (C=O) groups is 1. The van der Waals surface area contributed by atoms with Gasteiger partial charge in [0.1, 0.15) is 5.69 Å². The van der Waals surface area contributed by atoms with Crippen LogP contribution in [0.15, 0.2) is 47.3 Å². The fourth-order valence-electron chi connectivity index (χ4n) is 2.22. The number of nitrogens with zero attached hydrogens (tertiary/aromatic N) is 4. The van der Waals surface area contributed by atoms with Gasteiger partial charge < -0.3 is 5.32 Å². The van der Waals surface area contributed by atoms with Crippen molar-refractivity contribution in [1.29, 1.82) is 0 Å². The van der Waals surface area contributed by atoms with E-state index in [4.69, 9.17) is 0 Å². The van der Waals surface area contributed by atoms with Crippen molar-refractivity contribution in [3.8, 4) is 0 Å². The van der Waals surface area contributed by atoms with Crippen LogP contribution in [0.25, 0.3) is 0 Å². The zero-order valence-corrected chi connectivity index (χ0v) is 15.9. The topological polar surface area (TPSA) is 64.7 Å². The normalized spacial score (nSPS) is 10.7. The molecule has 23 heavy (non-hydrogen) atoms. The van der Waals surface area contributed by atoms with Crippen LogP contribution in [0.5, 0.6) is 0 Å². The molecule has 0 unspecified atom stereocenters. The van der Waals surface area contributed by atoms with E-state index in [9.17, 15) is 4.79 Å². The fourth-order valence-corrected chi connectivity index (χ4v) is 3.26. The molecule has 8 heteroatoms. The van der Waals surface area contributed by atoms with Crippen molar-refractivity contribution in [3.63, 3.8) is 0 Å². The summed E-state index contributed by atoms with van der Waals surface area (Å²) < 4.78 is 5.16. The second-order valence-corrected chi connectivity index (χ2v) is 7.05. The third-order valence-corrected chi connectivity index (χ3v) is 4.44. The Morgan fingerprint density at radius 3 is 2.83 bits per heavy atom. The lowest BCUT2D eigenvalue weighted by Gasteiger charge is -2.08. The maximum Gasteiger partial charge on any atom is 0.275 e. The highest BCUT2D eigenvalue weighted by atomic mass is 127. The number of carbonyl (C=O) groups excluding carboxylic acids is 1. The van der Waals surface area contributed by atoms with Crippen LogP contribution in [0.3, 0.4) is 0 Å². The van der Waals surface area contributed by atoms with Gasteiger partial charge in [0.05, 0.1) is 27.0 Å². The van der Waals surface area contributed by atoms with Gasteiger partial charge in [-0.1, -0.05) is 12.1 Å². The predicted octanol–water partition coefficient (Wildman–Crippen LogP) is 3.28. The van der Waals surface area contributed by atoms with Crippen molar-refractivity contribution in [1.82, 2.24) is 19.6 Å². The molecule has 0 spiro atoms. The molecule has 0 saturated heterocycles. The Morgan fingerprint density at radius 1 is 1.35 bits per heavy atom. The van der Waals surface area contributed by atoms with Gasteiger partial charge >= 0.3 is 0 Å². The van der Waals surface area contributed by atoms with E-state index in [1.165, 1.54) is 0 Å². The number of benzene rings is 1. The molecule has 1 N–H and O–H groups in total. The summed E-state index contributed by atoms with van der Waals surface area (Å²) in [4.78, 5) is 12.4. The number of hydrogen-bond acceptors (Lipinski definition) is 3. The first-order valence-electron chi connectivity index (χ1n) is 6.78. The monoisotopic (exact) mass is 485 g/mol. The second-order valence-electron chi connectivity index (χ2n) is 4.98. The van der Waals surface area contributed by atoms with Gasteiger partial charge in [0.25, 0.3) is 5.91 Å². The molecule has 1 aromatic carbocycles. The third kappa shape index (κ3) is 3.81. The summed E-state index contributed by atoms with van der Waals surface area (Å²) in [6, 6.07) is 7.72. The van der Waals surface area contributed by atoms with Crippen molar-refractivity contribution >= 4 is 50.1 Å². The van der Waals surface area contributed by atoms with Crippen LogP contribution in [0.2, 0.25) is 0 Å². The van der Waals surface area contributed by atoms with Crippen molar-refractivity contribution in [2.45, 2.75) is 6.54 Å². The molecule has 0 atom stereocenters. The summed E-state index contributed by atoms with van der Waals surface area (Å²) in [5.74, 6) is -0.173. The highest BCUT2D eigenvalue weighted by molar-refractivity contribution is 14.1. The minimum absolute atomic E-state index is 0.173. The Balaban J connectivity index is 1.76. The lowest BCUT2D eigenvalue weighted by Crippen LogP contribution is -2.17. The molecule has 0 aliphatic carbocycles. The second kappa shape index (κ2) is 6.83. The number of anilines is 1. The van der Waals surface area contributed by atoms with E-state index >= 15 is 0 Å². The number of halogens is 2. The van der Waals surface area contributed by atoms with Crippen LogP contribution in [-0.2, 0) is 13.6 Å². The third-order valence-electron chi connectivity index (χ3n) is 3.24. The molecule has 0 bridgehead atoms. The van der Waals surface area contributed by atoms with E-state index in [1.54, 1.807) is 24.1 Å². The van der Waals surface area contributed by atoms with Crippen LogP contribution in [0.4, 0.5) is 5.69 Å². The number of hydrogen-bond donors (Lipinski definition) is 1. The molecular weight excluding hydrogens is 473 g/mol. The highest BCUT2D eigenvalue weighted by Crippen LogP contribution is 2.16. The smallest absolute Gasteiger partial charge is 0.275 e. The molecule has 0 aliphatic rings.